The minimum absolute atomic E-state index is 0.177. The van der Waals surface area contributed by atoms with Crippen molar-refractivity contribution in [2.75, 3.05) is 13.7 Å². The lowest BCUT2D eigenvalue weighted by Crippen LogP contribution is -1.99. The minimum atomic E-state index is -0.558. The summed E-state index contributed by atoms with van der Waals surface area (Å²) in [6, 6.07) is 3.31. The van der Waals surface area contributed by atoms with Gasteiger partial charge >= 0.3 is 0 Å². The van der Waals surface area contributed by atoms with Gasteiger partial charge in [0.25, 0.3) is 0 Å². The maximum absolute atomic E-state index is 13.7. The number of aromatic nitrogens is 2. The fraction of sp³-hybridized carbons (Fsp3) is 0.167. The van der Waals surface area contributed by atoms with E-state index in [1.165, 1.54) is 7.11 Å². The summed E-state index contributed by atoms with van der Waals surface area (Å²) in [6.45, 7) is 3.27. The van der Waals surface area contributed by atoms with Gasteiger partial charge < -0.3 is 9.84 Å². The van der Waals surface area contributed by atoms with Crippen molar-refractivity contribution in [3.8, 4) is 5.88 Å². The Balaban J connectivity index is 2.77. The fourth-order valence-electron chi connectivity index (χ4n) is 1.55. The molecule has 0 aliphatic carbocycles. The van der Waals surface area contributed by atoms with E-state index >= 15 is 0 Å². The number of nitrogens with zero attached hydrogens (tertiary/aromatic N) is 2. The van der Waals surface area contributed by atoms with Crippen molar-refractivity contribution in [3.63, 3.8) is 0 Å². The van der Waals surface area contributed by atoms with Crippen molar-refractivity contribution in [2.24, 2.45) is 0 Å². The topological polar surface area (TPSA) is 55.2 Å². The number of hydrogen-bond donors (Lipinski definition) is 1. The largest absolute Gasteiger partial charge is 0.481 e. The molecule has 0 unspecified atom stereocenters. The molecule has 2 heterocycles. The average Bonchev–Trinajstić information content (AvgIpc) is 2.37. The van der Waals surface area contributed by atoms with E-state index in [2.05, 4.69) is 16.5 Å². The van der Waals surface area contributed by atoms with Crippen LogP contribution in [-0.4, -0.2) is 28.8 Å². The second-order valence-corrected chi connectivity index (χ2v) is 3.46. The van der Waals surface area contributed by atoms with Crippen molar-refractivity contribution >= 4 is 16.6 Å². The van der Waals surface area contributed by atoms with Crippen LogP contribution in [-0.2, 0) is 0 Å². The molecule has 0 radical (unpaired) electrons. The Bertz CT molecular complexity index is 584. The Morgan fingerprint density at radius 1 is 1.53 bits per heavy atom. The molecule has 0 saturated heterocycles. The Kier molecular flexibility index (Phi) is 3.01. The van der Waals surface area contributed by atoms with E-state index in [1.807, 2.05) is 0 Å². The van der Waals surface area contributed by atoms with Gasteiger partial charge in [-0.05, 0) is 11.6 Å². The molecule has 0 atom stereocenters. The van der Waals surface area contributed by atoms with Crippen LogP contribution in [0.3, 0.4) is 0 Å². The summed E-state index contributed by atoms with van der Waals surface area (Å²) in [5.41, 5.74) is 1.30. The number of rotatable bonds is 3. The van der Waals surface area contributed by atoms with Gasteiger partial charge in [0.05, 0.1) is 25.4 Å². The summed E-state index contributed by atoms with van der Waals surface area (Å²) in [4.78, 5) is 8.04. The highest BCUT2D eigenvalue weighted by molar-refractivity contribution is 5.88. The van der Waals surface area contributed by atoms with Gasteiger partial charge in [-0.25, -0.2) is 9.37 Å². The van der Waals surface area contributed by atoms with E-state index in [9.17, 15) is 4.39 Å². The quantitative estimate of drug-likeness (QED) is 0.879. The van der Waals surface area contributed by atoms with Crippen molar-refractivity contribution in [1.29, 1.82) is 0 Å². The van der Waals surface area contributed by atoms with Gasteiger partial charge in [0.2, 0.25) is 5.88 Å². The zero-order chi connectivity index (χ0) is 12.4. The van der Waals surface area contributed by atoms with Crippen LogP contribution in [0.2, 0.25) is 0 Å². The van der Waals surface area contributed by atoms with Crippen LogP contribution >= 0.6 is 0 Å². The first-order valence-corrected chi connectivity index (χ1v) is 4.95. The molecule has 2 rings (SSSR count). The van der Waals surface area contributed by atoms with Crippen LogP contribution in [0.25, 0.3) is 16.6 Å². The predicted molar refractivity (Wildman–Crippen MR) is 62.2 cm³/mol. The predicted octanol–water partition coefficient (Wildman–Crippen LogP) is 1.78. The molecular formula is C12H11FN2O2. The Hall–Kier alpha value is -2.01. The molecule has 2 aromatic heterocycles. The zero-order valence-electron chi connectivity index (χ0n) is 9.27. The van der Waals surface area contributed by atoms with Gasteiger partial charge in [0.1, 0.15) is 5.52 Å². The van der Waals surface area contributed by atoms with Gasteiger partial charge in [0, 0.05) is 11.6 Å². The number of hydrogen-bond acceptors (Lipinski definition) is 4. The Morgan fingerprint density at radius 2 is 2.29 bits per heavy atom. The smallest absolute Gasteiger partial charge is 0.213 e. The molecule has 0 aliphatic rings. The van der Waals surface area contributed by atoms with Crippen molar-refractivity contribution in [3.05, 3.63) is 36.3 Å². The molecule has 0 saturated carbocycles. The first-order chi connectivity index (χ1) is 8.17. The molecule has 0 spiro atoms. The molecule has 0 fully saturated rings. The monoisotopic (exact) mass is 234 g/mol. The first-order valence-electron chi connectivity index (χ1n) is 4.95. The Morgan fingerprint density at radius 3 is 2.94 bits per heavy atom. The number of ether oxygens (including phenoxy) is 1. The normalized spacial score (nSPS) is 10.5. The Labute approximate surface area is 97.4 Å². The van der Waals surface area contributed by atoms with E-state index in [4.69, 9.17) is 9.84 Å². The number of pyridine rings is 2. The lowest BCUT2D eigenvalue weighted by Gasteiger charge is -2.08. The van der Waals surface area contributed by atoms with E-state index < -0.39 is 5.82 Å². The van der Waals surface area contributed by atoms with E-state index in [0.29, 0.717) is 16.9 Å². The third-order valence-corrected chi connectivity index (χ3v) is 2.39. The standard InChI is InChI=1S/C12H11FN2O2/c1-7(6-16)11-8(13)5-14-9-3-4-10(17-2)15-12(9)11/h3-5,16H,1,6H2,2H3. The highest BCUT2D eigenvalue weighted by atomic mass is 19.1. The summed E-state index contributed by atoms with van der Waals surface area (Å²) < 4.78 is 18.7. The van der Waals surface area contributed by atoms with E-state index in [0.717, 1.165) is 6.20 Å². The van der Waals surface area contributed by atoms with Crippen LogP contribution in [0.15, 0.2) is 24.9 Å². The number of methoxy groups -OCH3 is 1. The number of fused-ring (bicyclic) bond motifs is 1. The van der Waals surface area contributed by atoms with E-state index in [1.54, 1.807) is 12.1 Å². The van der Waals surface area contributed by atoms with E-state index in [-0.39, 0.29) is 17.7 Å². The molecule has 0 amide bonds. The SMILES string of the molecule is C=C(CO)c1c(F)cnc2ccc(OC)nc12. The molecule has 88 valence electrons. The van der Waals surface area contributed by atoms with Gasteiger partial charge in [0.15, 0.2) is 5.82 Å². The molecule has 0 aromatic carbocycles. The maximum atomic E-state index is 13.7. The third kappa shape index (κ3) is 1.97. The third-order valence-electron chi connectivity index (χ3n) is 2.39. The van der Waals surface area contributed by atoms with Gasteiger partial charge in [-0.2, -0.15) is 0 Å². The minimum Gasteiger partial charge on any atom is -0.481 e. The maximum Gasteiger partial charge on any atom is 0.213 e. The summed E-state index contributed by atoms with van der Waals surface area (Å²) in [6.07, 6.45) is 1.09. The highest BCUT2D eigenvalue weighted by Gasteiger charge is 2.13. The van der Waals surface area contributed by atoms with Crippen molar-refractivity contribution in [2.45, 2.75) is 0 Å². The molecular weight excluding hydrogens is 223 g/mol. The highest BCUT2D eigenvalue weighted by Crippen LogP contribution is 2.25. The van der Waals surface area contributed by atoms with Gasteiger partial charge in [-0.3, -0.25) is 4.98 Å². The van der Waals surface area contributed by atoms with Gasteiger partial charge in [-0.15, -0.1) is 0 Å². The second-order valence-electron chi connectivity index (χ2n) is 3.46. The summed E-state index contributed by atoms with van der Waals surface area (Å²) >= 11 is 0. The van der Waals surface area contributed by atoms with Crippen LogP contribution in [0, 0.1) is 5.82 Å². The van der Waals surface area contributed by atoms with Crippen LogP contribution < -0.4 is 4.74 Å². The lowest BCUT2D eigenvalue weighted by molar-refractivity contribution is 0.350. The number of aliphatic hydroxyl groups is 1. The summed E-state index contributed by atoms with van der Waals surface area (Å²) in [7, 11) is 1.47. The molecule has 5 heteroatoms. The molecule has 17 heavy (non-hydrogen) atoms. The molecule has 1 N–H and O–H groups in total. The molecule has 0 bridgehead atoms. The van der Waals surface area contributed by atoms with Crippen LogP contribution in [0.4, 0.5) is 4.39 Å². The number of halogens is 1. The molecule has 0 aliphatic heterocycles. The van der Waals surface area contributed by atoms with Gasteiger partial charge in [-0.1, -0.05) is 6.58 Å². The summed E-state index contributed by atoms with van der Waals surface area (Å²) in [5, 5.41) is 9.05. The first kappa shape index (κ1) is 11.5. The average molecular weight is 234 g/mol. The van der Waals surface area contributed by atoms with Crippen molar-refractivity contribution in [1.82, 2.24) is 9.97 Å². The summed E-state index contributed by atoms with van der Waals surface area (Å²) in [5.74, 6) is -0.200. The van der Waals surface area contributed by atoms with Crippen molar-refractivity contribution < 1.29 is 14.2 Å². The number of aliphatic hydroxyl groups excluding tert-OH is 1. The lowest BCUT2D eigenvalue weighted by atomic mass is 10.1. The second kappa shape index (κ2) is 4.47. The van der Waals surface area contributed by atoms with Crippen LogP contribution in [0.5, 0.6) is 5.88 Å². The zero-order valence-corrected chi connectivity index (χ0v) is 9.27. The molecule has 4 nitrogen and oxygen atoms in total. The van der Waals surface area contributed by atoms with Crippen LogP contribution in [0.1, 0.15) is 5.56 Å². The molecule has 2 aromatic rings. The fourth-order valence-corrected chi connectivity index (χ4v) is 1.55.